The third-order valence-electron chi connectivity index (χ3n) is 5.82. The number of rotatable bonds is 2. The summed E-state index contributed by atoms with van der Waals surface area (Å²) in [6, 6.07) is 13.4. The van der Waals surface area contributed by atoms with Crippen molar-refractivity contribution in [3.05, 3.63) is 64.5 Å². The Morgan fingerprint density at radius 1 is 0.897 bits per heavy atom. The maximum Gasteiger partial charge on any atom is 0.143 e. The number of fused-ring (bicyclic) bond motifs is 2. The van der Waals surface area contributed by atoms with E-state index >= 15 is 0 Å². The van der Waals surface area contributed by atoms with E-state index in [-0.39, 0.29) is 5.41 Å². The fourth-order valence-electron chi connectivity index (χ4n) is 4.27. The lowest BCUT2D eigenvalue weighted by molar-refractivity contribution is 0.518. The molecule has 4 aromatic rings. The molecule has 0 N–H and O–H groups in total. The minimum absolute atomic E-state index is 0.117. The van der Waals surface area contributed by atoms with Gasteiger partial charge < -0.3 is 4.42 Å². The predicted octanol–water partition coefficient (Wildman–Crippen LogP) is 7.99. The van der Waals surface area contributed by atoms with Crippen LogP contribution in [-0.4, -0.2) is 4.98 Å². The SMILES string of the molecule is Cc1cc(-c2nc(C)cc3cc(C(C)(C)C)ccc23)c2oc(C(C)C)c(C)c2c1. The van der Waals surface area contributed by atoms with Gasteiger partial charge in [-0.05, 0) is 66.5 Å². The van der Waals surface area contributed by atoms with Crippen LogP contribution in [0, 0.1) is 20.8 Å². The van der Waals surface area contributed by atoms with Crippen LogP contribution in [0.15, 0.2) is 40.8 Å². The van der Waals surface area contributed by atoms with Crippen molar-refractivity contribution in [1.82, 2.24) is 4.98 Å². The van der Waals surface area contributed by atoms with Crippen molar-refractivity contribution in [1.29, 1.82) is 0 Å². The smallest absolute Gasteiger partial charge is 0.143 e. The normalized spacial score (nSPS) is 12.4. The van der Waals surface area contributed by atoms with Gasteiger partial charge in [-0.15, -0.1) is 0 Å². The number of furan rings is 1. The van der Waals surface area contributed by atoms with Crippen molar-refractivity contribution in [3.8, 4) is 11.3 Å². The van der Waals surface area contributed by atoms with Crippen molar-refractivity contribution in [2.24, 2.45) is 0 Å². The van der Waals surface area contributed by atoms with Gasteiger partial charge in [0.15, 0.2) is 0 Å². The summed E-state index contributed by atoms with van der Waals surface area (Å²) in [7, 11) is 0. The molecule has 0 spiro atoms. The van der Waals surface area contributed by atoms with Crippen LogP contribution in [-0.2, 0) is 5.41 Å². The molecule has 0 radical (unpaired) electrons. The largest absolute Gasteiger partial charge is 0.460 e. The molecule has 0 aliphatic carbocycles. The summed E-state index contributed by atoms with van der Waals surface area (Å²) in [6.07, 6.45) is 0. The van der Waals surface area contributed by atoms with Crippen LogP contribution in [0.3, 0.4) is 0 Å². The molecule has 0 aliphatic heterocycles. The zero-order valence-electron chi connectivity index (χ0n) is 18.9. The second kappa shape index (κ2) is 6.73. The van der Waals surface area contributed by atoms with Crippen LogP contribution in [0.25, 0.3) is 33.0 Å². The first-order valence-electron chi connectivity index (χ1n) is 10.5. The van der Waals surface area contributed by atoms with Crippen LogP contribution in [0.4, 0.5) is 0 Å². The van der Waals surface area contributed by atoms with E-state index in [1.807, 2.05) is 0 Å². The van der Waals surface area contributed by atoms with Gasteiger partial charge in [-0.2, -0.15) is 0 Å². The average molecular weight is 386 g/mol. The Labute approximate surface area is 174 Å². The molecule has 0 aliphatic rings. The van der Waals surface area contributed by atoms with Crippen molar-refractivity contribution in [3.63, 3.8) is 0 Å². The van der Waals surface area contributed by atoms with Crippen LogP contribution in [0.2, 0.25) is 0 Å². The zero-order chi connectivity index (χ0) is 21.1. The number of aryl methyl sites for hydroxylation is 3. The van der Waals surface area contributed by atoms with Gasteiger partial charge in [0.25, 0.3) is 0 Å². The van der Waals surface area contributed by atoms with Gasteiger partial charge in [-0.3, -0.25) is 4.98 Å². The topological polar surface area (TPSA) is 26.0 Å². The molecule has 29 heavy (non-hydrogen) atoms. The van der Waals surface area contributed by atoms with Crippen LogP contribution < -0.4 is 0 Å². The maximum absolute atomic E-state index is 6.43. The van der Waals surface area contributed by atoms with E-state index < -0.39 is 0 Å². The number of nitrogens with zero attached hydrogens (tertiary/aromatic N) is 1. The summed E-state index contributed by atoms with van der Waals surface area (Å²) >= 11 is 0. The summed E-state index contributed by atoms with van der Waals surface area (Å²) < 4.78 is 6.43. The van der Waals surface area contributed by atoms with Crippen LogP contribution in [0.5, 0.6) is 0 Å². The first kappa shape index (κ1) is 19.7. The molecule has 0 fully saturated rings. The zero-order valence-corrected chi connectivity index (χ0v) is 18.9. The minimum Gasteiger partial charge on any atom is -0.460 e. The highest BCUT2D eigenvalue weighted by Gasteiger charge is 2.20. The summed E-state index contributed by atoms with van der Waals surface area (Å²) in [6.45, 7) is 17.5. The van der Waals surface area contributed by atoms with Gasteiger partial charge >= 0.3 is 0 Å². The molecule has 150 valence electrons. The lowest BCUT2D eigenvalue weighted by Gasteiger charge is -2.20. The molecule has 2 nitrogen and oxygen atoms in total. The molecule has 2 aromatic heterocycles. The Kier molecular flexibility index (Phi) is 4.57. The molecule has 4 rings (SSSR count). The third kappa shape index (κ3) is 3.35. The standard InChI is InChI=1S/C27H31NO/c1-15(2)25-18(5)22-11-16(3)12-23(26(22)29-25)24-21-10-9-20(27(6,7)8)14-19(21)13-17(4)28-24/h9-15H,1-8H3. The maximum atomic E-state index is 6.43. The molecular weight excluding hydrogens is 354 g/mol. The molecule has 0 saturated carbocycles. The number of hydrogen-bond donors (Lipinski definition) is 0. The minimum atomic E-state index is 0.117. The Morgan fingerprint density at radius 3 is 2.28 bits per heavy atom. The Hall–Kier alpha value is -2.61. The van der Waals surface area contributed by atoms with Gasteiger partial charge in [-0.25, -0.2) is 0 Å². The van der Waals surface area contributed by atoms with Gasteiger partial charge in [0.2, 0.25) is 0 Å². The van der Waals surface area contributed by atoms with E-state index in [1.165, 1.54) is 32.8 Å². The van der Waals surface area contributed by atoms with Crippen molar-refractivity contribution in [2.75, 3.05) is 0 Å². The molecule has 0 bridgehead atoms. The van der Waals surface area contributed by atoms with Gasteiger partial charge in [0.05, 0.1) is 5.69 Å². The van der Waals surface area contributed by atoms with Crippen molar-refractivity contribution < 1.29 is 4.42 Å². The van der Waals surface area contributed by atoms with E-state index in [9.17, 15) is 0 Å². The summed E-state index contributed by atoms with van der Waals surface area (Å²) in [4.78, 5) is 4.98. The van der Waals surface area contributed by atoms with E-state index in [0.29, 0.717) is 5.92 Å². The van der Waals surface area contributed by atoms with Gasteiger partial charge in [0.1, 0.15) is 11.3 Å². The summed E-state index contributed by atoms with van der Waals surface area (Å²) in [5.74, 6) is 1.42. The lowest BCUT2D eigenvalue weighted by atomic mass is 9.85. The molecular formula is C27H31NO. The average Bonchev–Trinajstić information content (AvgIpc) is 2.96. The van der Waals surface area contributed by atoms with Gasteiger partial charge in [0, 0.05) is 27.9 Å². The predicted molar refractivity (Wildman–Crippen MR) is 124 cm³/mol. The Bertz CT molecular complexity index is 1240. The first-order chi connectivity index (χ1) is 13.6. The van der Waals surface area contributed by atoms with Crippen LogP contribution in [0.1, 0.15) is 68.7 Å². The molecule has 2 heteroatoms. The lowest BCUT2D eigenvalue weighted by Crippen LogP contribution is -2.10. The van der Waals surface area contributed by atoms with E-state index in [4.69, 9.17) is 9.40 Å². The highest BCUT2D eigenvalue weighted by Crippen LogP contribution is 2.39. The van der Waals surface area contributed by atoms with E-state index in [1.54, 1.807) is 0 Å². The summed E-state index contributed by atoms with van der Waals surface area (Å²) in [5, 5.41) is 3.61. The van der Waals surface area contributed by atoms with Crippen molar-refractivity contribution >= 4 is 21.7 Å². The van der Waals surface area contributed by atoms with Crippen molar-refractivity contribution in [2.45, 2.75) is 66.7 Å². The number of pyridine rings is 1. The highest BCUT2D eigenvalue weighted by molar-refractivity contribution is 6.03. The number of benzene rings is 2. The van der Waals surface area contributed by atoms with E-state index in [0.717, 1.165) is 28.3 Å². The fourth-order valence-corrected chi connectivity index (χ4v) is 4.27. The quantitative estimate of drug-likeness (QED) is 0.349. The first-order valence-corrected chi connectivity index (χ1v) is 10.5. The molecule has 0 amide bonds. The Morgan fingerprint density at radius 2 is 1.62 bits per heavy atom. The fraction of sp³-hybridized carbons (Fsp3) is 0.370. The summed E-state index contributed by atoms with van der Waals surface area (Å²) in [5.41, 5.74) is 8.02. The third-order valence-corrected chi connectivity index (χ3v) is 5.82. The number of aromatic nitrogens is 1. The molecule has 0 saturated heterocycles. The van der Waals surface area contributed by atoms with E-state index in [2.05, 4.69) is 91.8 Å². The Balaban J connectivity index is 2.07. The molecule has 2 aromatic carbocycles. The number of hydrogen-bond acceptors (Lipinski definition) is 2. The second-order valence-electron chi connectivity index (χ2n) is 9.73. The monoisotopic (exact) mass is 385 g/mol. The molecule has 0 unspecified atom stereocenters. The highest BCUT2D eigenvalue weighted by atomic mass is 16.3. The van der Waals surface area contributed by atoms with Gasteiger partial charge in [-0.1, -0.05) is 52.8 Å². The molecule has 2 heterocycles. The second-order valence-corrected chi connectivity index (χ2v) is 9.73. The molecule has 0 atom stereocenters. The van der Waals surface area contributed by atoms with Crippen LogP contribution >= 0.6 is 0 Å².